The van der Waals surface area contributed by atoms with Gasteiger partial charge in [0, 0.05) is 29.9 Å². The Labute approximate surface area is 198 Å². The molecule has 0 aliphatic carbocycles. The fourth-order valence-electron chi connectivity index (χ4n) is 3.06. The number of anilines is 1. The van der Waals surface area contributed by atoms with Gasteiger partial charge in [-0.1, -0.05) is 6.07 Å². The van der Waals surface area contributed by atoms with Crippen LogP contribution in [0.5, 0.6) is 17.2 Å². The molecular formula is C24H21F2N3O6. The monoisotopic (exact) mass is 485 g/mol. The van der Waals surface area contributed by atoms with Crippen LogP contribution in [0.4, 0.5) is 14.5 Å². The summed E-state index contributed by atoms with van der Waals surface area (Å²) >= 11 is 0. The maximum absolute atomic E-state index is 13.3. The highest BCUT2D eigenvalue weighted by atomic mass is 19.1. The first-order valence-electron chi connectivity index (χ1n) is 10.1. The van der Waals surface area contributed by atoms with Crippen LogP contribution < -0.4 is 25.8 Å². The normalized spacial score (nSPS) is 10.4. The highest BCUT2D eigenvalue weighted by molar-refractivity contribution is 6.05. The zero-order valence-electron chi connectivity index (χ0n) is 18.4. The van der Waals surface area contributed by atoms with E-state index in [0.717, 1.165) is 18.2 Å². The van der Waals surface area contributed by atoms with Gasteiger partial charge in [-0.15, -0.1) is 0 Å². The summed E-state index contributed by atoms with van der Waals surface area (Å²) in [6, 6.07) is 11.0. The molecule has 182 valence electrons. The number of methoxy groups -OCH3 is 1. The first-order valence-corrected chi connectivity index (χ1v) is 10.1. The lowest BCUT2D eigenvalue weighted by Gasteiger charge is -2.12. The van der Waals surface area contributed by atoms with Gasteiger partial charge in [-0.2, -0.15) is 0 Å². The second kappa shape index (κ2) is 11.0. The molecule has 3 amide bonds. The van der Waals surface area contributed by atoms with Gasteiger partial charge in [0.15, 0.2) is 18.1 Å². The number of hydrogen-bond donors (Lipinski definition) is 4. The van der Waals surface area contributed by atoms with Crippen molar-refractivity contribution in [3.05, 3.63) is 82.9 Å². The summed E-state index contributed by atoms with van der Waals surface area (Å²) in [5, 5.41) is 15.3. The summed E-state index contributed by atoms with van der Waals surface area (Å²) in [5.74, 6) is -3.63. The molecule has 9 nitrogen and oxygen atoms in total. The van der Waals surface area contributed by atoms with Gasteiger partial charge in [0.1, 0.15) is 17.4 Å². The minimum absolute atomic E-state index is 0.0619. The van der Waals surface area contributed by atoms with Crippen LogP contribution in [0.3, 0.4) is 0 Å². The second-order valence-corrected chi connectivity index (χ2v) is 7.27. The first-order chi connectivity index (χ1) is 16.7. The summed E-state index contributed by atoms with van der Waals surface area (Å²) in [4.78, 5) is 35.6. The molecular weight excluding hydrogens is 464 g/mol. The van der Waals surface area contributed by atoms with E-state index in [9.17, 15) is 28.3 Å². The highest BCUT2D eigenvalue weighted by Crippen LogP contribution is 2.28. The Morgan fingerprint density at radius 1 is 0.943 bits per heavy atom. The number of benzene rings is 3. The van der Waals surface area contributed by atoms with E-state index in [-0.39, 0.29) is 30.0 Å². The van der Waals surface area contributed by atoms with Crippen molar-refractivity contribution in [1.82, 2.24) is 5.32 Å². The van der Waals surface area contributed by atoms with Gasteiger partial charge in [0.05, 0.1) is 12.7 Å². The van der Waals surface area contributed by atoms with Crippen molar-refractivity contribution in [2.24, 2.45) is 5.73 Å². The molecule has 0 aliphatic heterocycles. The first kappa shape index (κ1) is 25.0. The van der Waals surface area contributed by atoms with Crippen molar-refractivity contribution < 1.29 is 37.7 Å². The van der Waals surface area contributed by atoms with Crippen LogP contribution in [-0.2, 0) is 11.3 Å². The predicted molar refractivity (Wildman–Crippen MR) is 121 cm³/mol. The van der Waals surface area contributed by atoms with Crippen molar-refractivity contribution in [2.45, 2.75) is 6.54 Å². The standard InChI is InChI=1S/C24H21F2N3O6/c1-34-21-6-13(2-5-20(21)35-12-22(27)31)11-28-24(33)18-4-3-17(10-19(18)30)29-23(32)14-7-15(25)9-16(26)8-14/h2-10,30H,11-12H2,1H3,(H2,27,31)(H,28,33)(H,29,32). The summed E-state index contributed by atoms with van der Waals surface area (Å²) in [6.45, 7) is -0.240. The molecule has 3 aromatic carbocycles. The van der Waals surface area contributed by atoms with Crippen LogP contribution in [0.2, 0.25) is 0 Å². The molecule has 0 fully saturated rings. The Kier molecular flexibility index (Phi) is 7.82. The van der Waals surface area contributed by atoms with Gasteiger partial charge < -0.3 is 30.9 Å². The lowest BCUT2D eigenvalue weighted by molar-refractivity contribution is -0.119. The number of primary amides is 1. The smallest absolute Gasteiger partial charge is 0.255 e. The maximum atomic E-state index is 13.3. The molecule has 35 heavy (non-hydrogen) atoms. The minimum Gasteiger partial charge on any atom is -0.507 e. The SMILES string of the molecule is COc1cc(CNC(=O)c2ccc(NC(=O)c3cc(F)cc(F)c3)cc2O)ccc1OCC(N)=O. The average molecular weight is 485 g/mol. The Morgan fingerprint density at radius 2 is 1.66 bits per heavy atom. The average Bonchev–Trinajstić information content (AvgIpc) is 2.80. The molecule has 5 N–H and O–H groups in total. The number of aromatic hydroxyl groups is 1. The number of ether oxygens (including phenoxy) is 2. The van der Waals surface area contributed by atoms with E-state index in [1.165, 1.54) is 19.2 Å². The minimum atomic E-state index is -0.907. The molecule has 0 atom stereocenters. The number of nitrogens with two attached hydrogens (primary N) is 1. The molecule has 11 heteroatoms. The van der Waals surface area contributed by atoms with E-state index >= 15 is 0 Å². The summed E-state index contributed by atoms with van der Waals surface area (Å²) < 4.78 is 37.1. The largest absolute Gasteiger partial charge is 0.507 e. The third-order valence-corrected chi connectivity index (χ3v) is 4.68. The molecule has 0 aromatic heterocycles. The zero-order chi connectivity index (χ0) is 25.5. The Balaban J connectivity index is 1.64. The van der Waals surface area contributed by atoms with Crippen molar-refractivity contribution in [3.8, 4) is 17.2 Å². The number of phenols is 1. The lowest BCUT2D eigenvalue weighted by Crippen LogP contribution is -2.23. The van der Waals surface area contributed by atoms with Gasteiger partial charge in [0.25, 0.3) is 17.7 Å². The van der Waals surface area contributed by atoms with Crippen molar-refractivity contribution in [2.75, 3.05) is 19.0 Å². The van der Waals surface area contributed by atoms with E-state index < -0.39 is 35.1 Å². The third-order valence-electron chi connectivity index (χ3n) is 4.68. The number of phenolic OH excluding ortho intramolecular Hbond substituents is 1. The summed E-state index contributed by atoms with van der Waals surface area (Å²) in [7, 11) is 1.41. The molecule has 0 heterocycles. The number of carbonyl (C=O) groups excluding carboxylic acids is 3. The molecule has 3 aromatic rings. The van der Waals surface area contributed by atoms with Gasteiger partial charge in [-0.25, -0.2) is 8.78 Å². The quantitative estimate of drug-likeness (QED) is 0.368. The second-order valence-electron chi connectivity index (χ2n) is 7.27. The van der Waals surface area contributed by atoms with Crippen molar-refractivity contribution in [1.29, 1.82) is 0 Å². The maximum Gasteiger partial charge on any atom is 0.255 e. The number of hydrogen-bond acceptors (Lipinski definition) is 6. The van der Waals surface area contributed by atoms with E-state index in [0.29, 0.717) is 23.1 Å². The van der Waals surface area contributed by atoms with Gasteiger partial charge in [-0.3, -0.25) is 14.4 Å². The number of halogens is 2. The number of rotatable bonds is 9. The van der Waals surface area contributed by atoms with Crippen LogP contribution in [0, 0.1) is 11.6 Å². The van der Waals surface area contributed by atoms with Gasteiger partial charge in [0.2, 0.25) is 0 Å². The Morgan fingerprint density at radius 3 is 2.29 bits per heavy atom. The zero-order valence-corrected chi connectivity index (χ0v) is 18.4. The van der Waals surface area contributed by atoms with Crippen LogP contribution in [0.15, 0.2) is 54.6 Å². The van der Waals surface area contributed by atoms with Crippen LogP contribution in [-0.4, -0.2) is 36.5 Å². The van der Waals surface area contributed by atoms with Gasteiger partial charge >= 0.3 is 0 Å². The number of nitrogens with one attached hydrogen (secondary N) is 2. The summed E-state index contributed by atoms with van der Waals surface area (Å²) in [6.07, 6.45) is 0. The fourth-order valence-corrected chi connectivity index (χ4v) is 3.06. The van der Waals surface area contributed by atoms with Crippen molar-refractivity contribution in [3.63, 3.8) is 0 Å². The lowest BCUT2D eigenvalue weighted by atomic mass is 10.1. The summed E-state index contributed by atoms with van der Waals surface area (Å²) in [5.41, 5.74) is 5.51. The number of carbonyl (C=O) groups is 3. The van der Waals surface area contributed by atoms with E-state index in [2.05, 4.69) is 10.6 Å². The van der Waals surface area contributed by atoms with Gasteiger partial charge in [-0.05, 0) is 42.0 Å². The Bertz CT molecular complexity index is 1260. The predicted octanol–water partition coefficient (Wildman–Crippen LogP) is 2.73. The molecule has 0 unspecified atom stereocenters. The van der Waals surface area contributed by atoms with Crippen LogP contribution in [0.1, 0.15) is 26.3 Å². The van der Waals surface area contributed by atoms with E-state index in [1.807, 2.05) is 0 Å². The van der Waals surface area contributed by atoms with Crippen LogP contribution in [0.25, 0.3) is 0 Å². The number of amides is 3. The highest BCUT2D eigenvalue weighted by Gasteiger charge is 2.15. The molecule has 3 rings (SSSR count). The Hall–Kier alpha value is -4.67. The van der Waals surface area contributed by atoms with Crippen molar-refractivity contribution >= 4 is 23.4 Å². The van der Waals surface area contributed by atoms with Crippen LogP contribution >= 0.6 is 0 Å². The molecule has 0 spiro atoms. The molecule has 0 aliphatic rings. The third kappa shape index (κ3) is 6.67. The molecule has 0 radical (unpaired) electrons. The van der Waals surface area contributed by atoms with E-state index in [4.69, 9.17) is 15.2 Å². The van der Waals surface area contributed by atoms with E-state index in [1.54, 1.807) is 18.2 Å². The fraction of sp³-hybridized carbons (Fsp3) is 0.125. The molecule has 0 bridgehead atoms. The molecule has 0 saturated heterocycles. The topological polar surface area (TPSA) is 140 Å². The molecule has 0 saturated carbocycles.